The van der Waals surface area contributed by atoms with Crippen LogP contribution in [0.2, 0.25) is 0 Å². The number of fused-ring (bicyclic) bond motifs is 2. The molecule has 1 atom stereocenters. The molecule has 3 aromatic heterocycles. The number of thiophene rings is 1. The van der Waals surface area contributed by atoms with Gasteiger partial charge in [-0.2, -0.15) is 22.7 Å². The molecule has 0 spiro atoms. The maximum atomic E-state index is 13.1. The zero-order chi connectivity index (χ0) is 36.8. The van der Waals surface area contributed by atoms with E-state index in [2.05, 4.69) is 61.7 Å². The van der Waals surface area contributed by atoms with Crippen LogP contribution < -0.4 is 5.32 Å². The lowest BCUT2D eigenvalue weighted by Crippen LogP contribution is -2.52. The fourth-order valence-corrected chi connectivity index (χ4v) is 10.6. The van der Waals surface area contributed by atoms with Crippen molar-refractivity contribution < 1.29 is 21.6 Å². The number of halogens is 3. The second kappa shape index (κ2) is 14.9. The molecule has 15 heteroatoms. The lowest BCUT2D eigenvalue weighted by atomic mass is 10.0. The van der Waals surface area contributed by atoms with E-state index >= 15 is 0 Å². The summed E-state index contributed by atoms with van der Waals surface area (Å²) in [6, 6.07) is 10.6. The summed E-state index contributed by atoms with van der Waals surface area (Å²) in [5.41, 5.74) is 4.05. The third-order valence-corrected chi connectivity index (χ3v) is 14.0. The van der Waals surface area contributed by atoms with Gasteiger partial charge in [-0.1, -0.05) is 13.0 Å². The normalized spacial score (nSPS) is 19.4. The lowest BCUT2D eigenvalue weighted by Gasteiger charge is -2.37. The highest BCUT2D eigenvalue weighted by Crippen LogP contribution is 2.35. The third kappa shape index (κ3) is 8.26. The van der Waals surface area contributed by atoms with E-state index in [1.807, 2.05) is 13.0 Å². The molecule has 0 amide bonds. The van der Waals surface area contributed by atoms with Crippen molar-refractivity contribution in [2.45, 2.75) is 90.6 Å². The molecule has 0 radical (unpaired) electrons. The molecule has 5 heterocycles. The van der Waals surface area contributed by atoms with Crippen LogP contribution in [0.4, 0.5) is 19.0 Å². The molecule has 1 aliphatic carbocycles. The number of likely N-dealkylation sites (tertiary alicyclic amines) is 1. The summed E-state index contributed by atoms with van der Waals surface area (Å²) in [5.74, 6) is 1.86. The van der Waals surface area contributed by atoms with E-state index in [9.17, 15) is 26.9 Å². The molecule has 0 bridgehead atoms. The van der Waals surface area contributed by atoms with Crippen LogP contribution in [0.5, 0.6) is 0 Å². The molecule has 2 aliphatic heterocycles. The highest BCUT2D eigenvalue weighted by atomic mass is 32.2. The van der Waals surface area contributed by atoms with Crippen LogP contribution in [0.15, 0.2) is 24.3 Å². The number of nitrogens with one attached hydrogen (secondary N) is 1. The Hall–Kier alpha value is -3.29. The second-order valence-corrected chi connectivity index (χ2v) is 17.9. The van der Waals surface area contributed by atoms with E-state index in [-0.39, 0.29) is 22.7 Å². The Morgan fingerprint density at radius 1 is 1.04 bits per heavy atom. The highest BCUT2D eigenvalue weighted by molar-refractivity contribution is 7.89. The predicted molar refractivity (Wildman–Crippen MR) is 199 cm³/mol. The van der Waals surface area contributed by atoms with E-state index in [0.29, 0.717) is 72.6 Å². The molecule has 3 aliphatic rings. The lowest BCUT2D eigenvalue weighted by molar-refractivity contribution is -0.126. The Morgan fingerprint density at radius 2 is 1.77 bits per heavy atom. The average Bonchev–Trinajstić information content (AvgIpc) is 3.70. The number of anilines is 1. The minimum atomic E-state index is -4.27. The summed E-state index contributed by atoms with van der Waals surface area (Å²) >= 11 is 1.09. The summed E-state index contributed by atoms with van der Waals surface area (Å²) in [5, 5.41) is 15.4. The highest BCUT2D eigenvalue weighted by Gasteiger charge is 2.35. The number of hydrogen-bond acceptors (Lipinski definition) is 9. The zero-order valence-corrected chi connectivity index (χ0v) is 31.7. The Bertz CT molecular complexity index is 2070. The number of piperidine rings is 1. The molecule has 1 saturated carbocycles. The molecule has 3 fully saturated rings. The van der Waals surface area contributed by atoms with Crippen LogP contribution in [0.25, 0.3) is 21.1 Å². The quantitative estimate of drug-likeness (QED) is 0.179. The molecule has 10 nitrogen and oxygen atoms in total. The Labute approximate surface area is 307 Å². The van der Waals surface area contributed by atoms with Gasteiger partial charge in [0.1, 0.15) is 28.2 Å². The van der Waals surface area contributed by atoms with Gasteiger partial charge in [-0.3, -0.25) is 9.80 Å². The van der Waals surface area contributed by atoms with Gasteiger partial charge in [0, 0.05) is 86.6 Å². The molecule has 4 aromatic rings. The summed E-state index contributed by atoms with van der Waals surface area (Å²) in [6.07, 6.45) is -0.839. The van der Waals surface area contributed by atoms with E-state index in [1.54, 1.807) is 10.4 Å². The van der Waals surface area contributed by atoms with Gasteiger partial charge in [0.15, 0.2) is 0 Å². The maximum absolute atomic E-state index is 13.1. The Balaban J connectivity index is 0.974. The molecule has 1 N–H and O–H groups in total. The van der Waals surface area contributed by atoms with Gasteiger partial charge < -0.3 is 9.88 Å². The minimum absolute atomic E-state index is 0.138. The van der Waals surface area contributed by atoms with Gasteiger partial charge in [0.05, 0.1) is 17.6 Å². The predicted octanol–water partition coefficient (Wildman–Crippen LogP) is 6.32. The fourth-order valence-electron chi connectivity index (χ4n) is 7.71. The average molecular weight is 757 g/mol. The summed E-state index contributed by atoms with van der Waals surface area (Å²) in [7, 11) is -3.19. The first-order valence-corrected chi connectivity index (χ1v) is 20.8. The van der Waals surface area contributed by atoms with Crippen molar-refractivity contribution in [3.8, 4) is 6.07 Å². The molecular formula is C37H47F3N8O2S2. The smallest absolute Gasteiger partial charge is 0.367 e. The van der Waals surface area contributed by atoms with Gasteiger partial charge in [-0.05, 0) is 74.8 Å². The molecular weight excluding hydrogens is 710 g/mol. The molecule has 7 rings (SSSR count). The first-order chi connectivity index (χ1) is 24.8. The van der Waals surface area contributed by atoms with E-state index in [1.165, 1.54) is 5.56 Å². The van der Waals surface area contributed by atoms with E-state index in [0.717, 1.165) is 73.1 Å². The number of aryl methyl sites for hydroxylation is 2. The number of alkyl halides is 3. The van der Waals surface area contributed by atoms with Crippen LogP contribution in [-0.4, -0.2) is 100 Å². The fraction of sp³-hybridized carbons (Fsp3) is 0.595. The summed E-state index contributed by atoms with van der Waals surface area (Å²) in [6.45, 7) is 11.8. The summed E-state index contributed by atoms with van der Waals surface area (Å²) < 4.78 is 68.7. The van der Waals surface area contributed by atoms with Gasteiger partial charge in [-0.15, -0.1) is 11.3 Å². The number of piperazine rings is 1. The van der Waals surface area contributed by atoms with Gasteiger partial charge in [-0.25, -0.2) is 18.4 Å². The Kier molecular flexibility index (Phi) is 10.6. The topological polar surface area (TPSA) is 110 Å². The van der Waals surface area contributed by atoms with Crippen molar-refractivity contribution in [2.75, 3.05) is 50.3 Å². The third-order valence-electron chi connectivity index (χ3n) is 11.0. The van der Waals surface area contributed by atoms with Crippen molar-refractivity contribution in [2.24, 2.45) is 5.92 Å². The SMILES string of the molecule is CCc1nc(NC2CCN(Cc3ccc4c(cc(C#N)n4C[C@H](C)N4CCN(S(=O)(=O)CC5CC5)CC4)c3C)CC2)c2cc(CC(F)(F)F)sc2n1. The monoisotopic (exact) mass is 756 g/mol. The van der Waals surface area contributed by atoms with Crippen LogP contribution in [0.3, 0.4) is 0 Å². The number of nitrogens with zero attached hydrogens (tertiary/aromatic N) is 7. The van der Waals surface area contributed by atoms with Crippen LogP contribution in [0.1, 0.15) is 67.1 Å². The van der Waals surface area contributed by atoms with Gasteiger partial charge in [0.2, 0.25) is 10.0 Å². The number of hydrogen-bond donors (Lipinski definition) is 1. The summed E-state index contributed by atoms with van der Waals surface area (Å²) in [4.78, 5) is 14.8. The second-order valence-electron chi connectivity index (χ2n) is 14.8. The van der Waals surface area contributed by atoms with Crippen molar-refractivity contribution in [1.29, 1.82) is 5.26 Å². The minimum Gasteiger partial charge on any atom is -0.367 e. The number of benzene rings is 1. The molecule has 1 aromatic carbocycles. The van der Waals surface area contributed by atoms with Crippen molar-refractivity contribution in [1.82, 2.24) is 28.6 Å². The number of rotatable bonds is 12. The number of nitriles is 1. The largest absolute Gasteiger partial charge is 0.393 e. The van der Waals surface area contributed by atoms with Crippen molar-refractivity contribution >= 4 is 48.3 Å². The number of sulfonamides is 1. The van der Waals surface area contributed by atoms with Gasteiger partial charge >= 0.3 is 6.18 Å². The number of aromatic nitrogens is 3. The molecule has 52 heavy (non-hydrogen) atoms. The Morgan fingerprint density at radius 3 is 2.42 bits per heavy atom. The van der Waals surface area contributed by atoms with Crippen molar-refractivity contribution in [3.63, 3.8) is 0 Å². The van der Waals surface area contributed by atoms with E-state index < -0.39 is 22.6 Å². The first kappa shape index (κ1) is 37.0. The molecule has 0 unspecified atom stereocenters. The van der Waals surface area contributed by atoms with Crippen molar-refractivity contribution in [3.05, 3.63) is 51.8 Å². The van der Waals surface area contributed by atoms with E-state index in [4.69, 9.17) is 0 Å². The van der Waals surface area contributed by atoms with Crippen LogP contribution in [0, 0.1) is 24.2 Å². The maximum Gasteiger partial charge on any atom is 0.393 e. The first-order valence-electron chi connectivity index (χ1n) is 18.4. The van der Waals surface area contributed by atoms with Crippen LogP contribution in [-0.2, 0) is 36.0 Å². The zero-order valence-electron chi connectivity index (χ0n) is 30.0. The molecule has 280 valence electrons. The van der Waals surface area contributed by atoms with Crippen LogP contribution >= 0.6 is 11.3 Å². The standard InChI is InChI=1S/C37H47F3N8O2S2/c1-4-34-43-35(32-18-30(19-37(38,39)40)51-36(32)44-34)42-28-9-11-45(12-10-28)22-27-7-8-33-31(25(27)3)17-29(20-41)48(33)21-24(2)46-13-15-47(16-14-46)52(49,50)23-26-5-6-26/h7-8,17-18,24,26,28H,4-6,9-16,19,21-23H2,1-3H3,(H,42,43,44)/t24-/m0/s1. The van der Waals surface area contributed by atoms with Gasteiger partial charge in [0.25, 0.3) is 0 Å². The molecule has 2 saturated heterocycles.